The Bertz CT molecular complexity index is 436. The van der Waals surface area contributed by atoms with E-state index in [0.717, 1.165) is 24.5 Å². The number of nitrogens with two attached hydrogens (primary N) is 1. The highest BCUT2D eigenvalue weighted by Gasteiger charge is 2.03. The van der Waals surface area contributed by atoms with Crippen molar-refractivity contribution in [3.63, 3.8) is 0 Å². The number of nitrogen functional groups attached to an aromatic ring is 1. The van der Waals surface area contributed by atoms with Crippen LogP contribution >= 0.6 is 39.9 Å². The minimum atomic E-state index is 0.799. The predicted octanol–water partition coefficient (Wildman–Crippen LogP) is 3.53. The average molecular weight is 260 g/mol. The van der Waals surface area contributed by atoms with Crippen LogP contribution in [0.3, 0.4) is 0 Å². The Morgan fingerprint density at radius 3 is 2.83 bits per heavy atom. The summed E-state index contributed by atoms with van der Waals surface area (Å²) >= 11 is 9.32. The number of benzene rings is 1. The van der Waals surface area contributed by atoms with Gasteiger partial charge in [-0.15, -0.1) is 24.0 Å². The summed E-state index contributed by atoms with van der Waals surface area (Å²) < 4.78 is 2.22. The van der Waals surface area contributed by atoms with Crippen molar-refractivity contribution < 1.29 is 0 Å². The van der Waals surface area contributed by atoms with Gasteiger partial charge in [-0.3, -0.25) is 0 Å². The largest absolute Gasteiger partial charge is 0.398 e. The molecule has 0 atom stereocenters. The molecule has 1 heterocycles. The SMILES string of the molecule is Nc1cc(S)cc2cc(Br)sc12. The van der Waals surface area contributed by atoms with Crippen LogP contribution in [0.5, 0.6) is 0 Å². The van der Waals surface area contributed by atoms with Crippen molar-refractivity contribution >= 4 is 55.7 Å². The molecule has 1 nitrogen and oxygen atoms in total. The lowest BCUT2D eigenvalue weighted by atomic mass is 10.2. The summed E-state index contributed by atoms with van der Waals surface area (Å²) in [5, 5.41) is 1.15. The summed E-state index contributed by atoms with van der Waals surface area (Å²) in [5.74, 6) is 0. The number of thiol groups is 1. The van der Waals surface area contributed by atoms with Crippen LogP contribution in [0, 0.1) is 0 Å². The van der Waals surface area contributed by atoms with Crippen LogP contribution in [0.15, 0.2) is 26.9 Å². The second-order valence-electron chi connectivity index (χ2n) is 2.50. The van der Waals surface area contributed by atoms with Crippen molar-refractivity contribution in [3.8, 4) is 0 Å². The van der Waals surface area contributed by atoms with E-state index >= 15 is 0 Å². The number of hydrogen-bond acceptors (Lipinski definition) is 3. The molecule has 0 fully saturated rings. The fourth-order valence-corrected chi connectivity index (χ4v) is 2.94. The van der Waals surface area contributed by atoms with Crippen molar-refractivity contribution in [2.45, 2.75) is 4.90 Å². The number of fused-ring (bicyclic) bond motifs is 1. The normalized spacial score (nSPS) is 10.8. The van der Waals surface area contributed by atoms with Crippen molar-refractivity contribution in [1.82, 2.24) is 0 Å². The van der Waals surface area contributed by atoms with Crippen molar-refractivity contribution in [1.29, 1.82) is 0 Å². The summed E-state index contributed by atoms with van der Waals surface area (Å²) in [6.07, 6.45) is 0. The van der Waals surface area contributed by atoms with E-state index in [1.165, 1.54) is 0 Å². The monoisotopic (exact) mass is 259 g/mol. The van der Waals surface area contributed by atoms with Crippen molar-refractivity contribution in [2.24, 2.45) is 0 Å². The van der Waals surface area contributed by atoms with E-state index in [-0.39, 0.29) is 0 Å². The zero-order valence-corrected chi connectivity index (χ0v) is 9.34. The third-order valence-corrected chi connectivity index (χ3v) is 3.56. The lowest BCUT2D eigenvalue weighted by molar-refractivity contribution is 1.54. The van der Waals surface area contributed by atoms with E-state index in [1.807, 2.05) is 12.1 Å². The van der Waals surface area contributed by atoms with Crippen LogP contribution in [-0.2, 0) is 0 Å². The van der Waals surface area contributed by atoms with Crippen LogP contribution in [0.25, 0.3) is 10.1 Å². The van der Waals surface area contributed by atoms with Gasteiger partial charge in [0.05, 0.1) is 14.2 Å². The Morgan fingerprint density at radius 2 is 2.08 bits per heavy atom. The number of hydrogen-bond donors (Lipinski definition) is 2. The highest BCUT2D eigenvalue weighted by atomic mass is 79.9. The standard InChI is InChI=1S/C8H6BrNS2/c9-7-2-4-1-5(11)3-6(10)8(4)12-7/h1-3,11H,10H2. The first-order valence-corrected chi connectivity index (χ1v) is 5.40. The molecule has 0 amide bonds. The molecule has 0 aliphatic rings. The van der Waals surface area contributed by atoms with Gasteiger partial charge in [-0.05, 0) is 39.5 Å². The first kappa shape index (κ1) is 8.41. The molecular formula is C8H6BrNS2. The van der Waals surface area contributed by atoms with Gasteiger partial charge in [-0.25, -0.2) is 0 Å². The second-order valence-corrected chi connectivity index (χ2v) is 5.45. The minimum Gasteiger partial charge on any atom is -0.398 e. The van der Waals surface area contributed by atoms with Gasteiger partial charge >= 0.3 is 0 Å². The van der Waals surface area contributed by atoms with E-state index in [2.05, 4.69) is 34.6 Å². The summed E-state index contributed by atoms with van der Waals surface area (Å²) in [6, 6.07) is 5.93. The van der Waals surface area contributed by atoms with Gasteiger partial charge < -0.3 is 5.73 Å². The Morgan fingerprint density at radius 1 is 1.33 bits per heavy atom. The molecule has 2 aromatic rings. The molecule has 0 spiro atoms. The van der Waals surface area contributed by atoms with E-state index in [1.54, 1.807) is 11.3 Å². The first-order valence-electron chi connectivity index (χ1n) is 3.34. The predicted molar refractivity (Wildman–Crippen MR) is 61.2 cm³/mol. The summed E-state index contributed by atoms with van der Waals surface area (Å²) in [7, 11) is 0. The molecular weight excluding hydrogens is 254 g/mol. The molecule has 0 aliphatic heterocycles. The molecule has 1 aromatic heterocycles. The molecule has 0 saturated carbocycles. The highest BCUT2D eigenvalue weighted by Crippen LogP contribution is 2.35. The molecule has 0 unspecified atom stereocenters. The third kappa shape index (κ3) is 1.34. The third-order valence-electron chi connectivity index (χ3n) is 1.60. The molecule has 12 heavy (non-hydrogen) atoms. The molecule has 62 valence electrons. The van der Waals surface area contributed by atoms with Gasteiger partial charge in [-0.2, -0.15) is 0 Å². The smallest absolute Gasteiger partial charge is 0.0711 e. The zero-order valence-electron chi connectivity index (χ0n) is 6.04. The molecule has 2 N–H and O–H groups in total. The molecule has 4 heteroatoms. The quantitative estimate of drug-likeness (QED) is 0.550. The lowest BCUT2D eigenvalue weighted by Gasteiger charge is -1.96. The second kappa shape index (κ2) is 2.94. The van der Waals surface area contributed by atoms with E-state index in [4.69, 9.17) is 5.73 Å². The number of halogens is 1. The van der Waals surface area contributed by atoms with Crippen LogP contribution in [0.1, 0.15) is 0 Å². The minimum absolute atomic E-state index is 0.799. The fraction of sp³-hybridized carbons (Fsp3) is 0. The zero-order chi connectivity index (χ0) is 8.72. The molecule has 0 saturated heterocycles. The van der Waals surface area contributed by atoms with Crippen LogP contribution in [0.2, 0.25) is 0 Å². The van der Waals surface area contributed by atoms with E-state index in [0.29, 0.717) is 0 Å². The van der Waals surface area contributed by atoms with Crippen molar-refractivity contribution in [2.75, 3.05) is 5.73 Å². The maximum Gasteiger partial charge on any atom is 0.0711 e. The number of anilines is 1. The van der Waals surface area contributed by atoms with Gasteiger partial charge in [0.25, 0.3) is 0 Å². The first-order chi connectivity index (χ1) is 5.66. The Hall–Kier alpha value is -0.190. The average Bonchev–Trinajstić information content (AvgIpc) is 2.29. The number of thiophene rings is 1. The van der Waals surface area contributed by atoms with Gasteiger partial charge in [0.2, 0.25) is 0 Å². The van der Waals surface area contributed by atoms with Gasteiger partial charge in [0, 0.05) is 4.90 Å². The van der Waals surface area contributed by atoms with Gasteiger partial charge in [-0.1, -0.05) is 0 Å². The van der Waals surface area contributed by atoms with Crippen LogP contribution in [-0.4, -0.2) is 0 Å². The highest BCUT2D eigenvalue weighted by molar-refractivity contribution is 9.11. The molecule has 1 aromatic carbocycles. The Balaban J connectivity index is 2.88. The lowest BCUT2D eigenvalue weighted by Crippen LogP contribution is -1.83. The molecule has 0 bridgehead atoms. The van der Waals surface area contributed by atoms with Gasteiger partial charge in [0.1, 0.15) is 0 Å². The summed E-state index contributed by atoms with van der Waals surface area (Å²) in [4.78, 5) is 0.908. The number of rotatable bonds is 0. The summed E-state index contributed by atoms with van der Waals surface area (Å²) in [6.45, 7) is 0. The summed E-state index contributed by atoms with van der Waals surface area (Å²) in [5.41, 5.74) is 6.61. The maximum absolute atomic E-state index is 5.81. The van der Waals surface area contributed by atoms with Crippen molar-refractivity contribution in [3.05, 3.63) is 22.0 Å². The Kier molecular flexibility index (Phi) is 2.06. The maximum atomic E-state index is 5.81. The van der Waals surface area contributed by atoms with Crippen LogP contribution < -0.4 is 5.73 Å². The topological polar surface area (TPSA) is 26.0 Å². The molecule has 0 aliphatic carbocycles. The van der Waals surface area contributed by atoms with Gasteiger partial charge in [0.15, 0.2) is 0 Å². The fourth-order valence-electron chi connectivity index (χ4n) is 1.13. The molecule has 2 rings (SSSR count). The van der Waals surface area contributed by atoms with E-state index < -0.39 is 0 Å². The van der Waals surface area contributed by atoms with Crippen LogP contribution in [0.4, 0.5) is 5.69 Å². The van der Waals surface area contributed by atoms with E-state index in [9.17, 15) is 0 Å². The molecule has 0 radical (unpaired) electrons. The Labute approximate surface area is 88.1 Å².